The first kappa shape index (κ1) is 11.2. The van der Waals surface area contributed by atoms with Gasteiger partial charge in [-0.05, 0) is 18.4 Å². The molecule has 0 saturated heterocycles. The fourth-order valence-electron chi connectivity index (χ4n) is 2.24. The van der Waals surface area contributed by atoms with Crippen molar-refractivity contribution in [2.75, 3.05) is 14.2 Å². The van der Waals surface area contributed by atoms with Gasteiger partial charge < -0.3 is 8.85 Å². The minimum atomic E-state index is -1.32. The Morgan fingerprint density at radius 2 is 1.31 bits per heavy atom. The zero-order valence-electron chi connectivity index (χ0n) is 8.92. The van der Waals surface area contributed by atoms with Crippen LogP contribution in [-0.4, -0.2) is 23.5 Å². The van der Waals surface area contributed by atoms with E-state index in [1.165, 1.54) is 44.9 Å². The zero-order chi connectivity index (χ0) is 9.52. The van der Waals surface area contributed by atoms with Crippen molar-refractivity contribution in [2.45, 2.75) is 50.5 Å². The van der Waals surface area contributed by atoms with Crippen LogP contribution in [0.25, 0.3) is 0 Å². The molecule has 0 aromatic rings. The molecule has 1 fully saturated rings. The van der Waals surface area contributed by atoms with Gasteiger partial charge in [-0.3, -0.25) is 0 Å². The van der Waals surface area contributed by atoms with E-state index in [0.717, 1.165) is 5.54 Å². The molecule has 0 aromatic heterocycles. The van der Waals surface area contributed by atoms with E-state index in [-0.39, 0.29) is 0 Å². The van der Waals surface area contributed by atoms with E-state index in [4.69, 9.17) is 8.85 Å². The Kier molecular flexibility index (Phi) is 5.67. The Morgan fingerprint density at radius 1 is 0.846 bits per heavy atom. The van der Waals surface area contributed by atoms with Gasteiger partial charge in [-0.15, -0.1) is 0 Å². The van der Waals surface area contributed by atoms with E-state index in [1.54, 1.807) is 14.2 Å². The summed E-state index contributed by atoms with van der Waals surface area (Å²) in [5, 5.41) is 0. The van der Waals surface area contributed by atoms with Crippen LogP contribution in [0.2, 0.25) is 5.54 Å². The van der Waals surface area contributed by atoms with Crippen LogP contribution in [0.15, 0.2) is 0 Å². The largest absolute Gasteiger partial charge is 0.400 e. The molecule has 0 atom stereocenters. The van der Waals surface area contributed by atoms with Crippen molar-refractivity contribution in [3.8, 4) is 0 Å². The standard InChI is InChI=1S/C10H22O2Si/c1-11-13(12-2)10-8-6-4-3-5-7-9-10/h10,13H,3-9H2,1-2H3. The lowest BCUT2D eigenvalue weighted by molar-refractivity contribution is 0.255. The second kappa shape index (κ2) is 6.57. The normalized spacial score (nSPS) is 21.5. The van der Waals surface area contributed by atoms with E-state index in [1.807, 2.05) is 0 Å². The maximum Gasteiger partial charge on any atom is 0.324 e. The third-order valence-corrected chi connectivity index (χ3v) is 5.37. The lowest BCUT2D eigenvalue weighted by Gasteiger charge is -2.24. The molecule has 1 aliphatic rings. The quantitative estimate of drug-likeness (QED) is 0.655. The molecular formula is C10H22O2Si. The number of hydrogen-bond donors (Lipinski definition) is 0. The first-order valence-corrected chi connectivity index (χ1v) is 7.05. The van der Waals surface area contributed by atoms with E-state index < -0.39 is 9.28 Å². The number of hydrogen-bond acceptors (Lipinski definition) is 2. The Bertz CT molecular complexity index is 118. The Morgan fingerprint density at radius 3 is 1.77 bits per heavy atom. The van der Waals surface area contributed by atoms with Gasteiger partial charge in [-0.2, -0.15) is 0 Å². The van der Waals surface area contributed by atoms with Crippen LogP contribution in [0.3, 0.4) is 0 Å². The minimum absolute atomic E-state index is 0.760. The van der Waals surface area contributed by atoms with E-state index in [9.17, 15) is 0 Å². The van der Waals surface area contributed by atoms with Crippen molar-refractivity contribution in [1.82, 2.24) is 0 Å². The molecule has 0 spiro atoms. The van der Waals surface area contributed by atoms with Gasteiger partial charge in [0, 0.05) is 14.2 Å². The molecule has 2 nitrogen and oxygen atoms in total. The summed E-state index contributed by atoms with van der Waals surface area (Å²) >= 11 is 0. The van der Waals surface area contributed by atoms with Gasteiger partial charge in [0.05, 0.1) is 0 Å². The molecule has 3 heteroatoms. The maximum atomic E-state index is 5.45. The highest BCUT2D eigenvalue weighted by atomic mass is 28.3. The third kappa shape index (κ3) is 3.79. The monoisotopic (exact) mass is 202 g/mol. The Hall–Kier alpha value is 0.137. The average molecular weight is 202 g/mol. The van der Waals surface area contributed by atoms with Crippen LogP contribution >= 0.6 is 0 Å². The van der Waals surface area contributed by atoms with Crippen LogP contribution in [0.4, 0.5) is 0 Å². The summed E-state index contributed by atoms with van der Waals surface area (Å²) < 4.78 is 10.9. The van der Waals surface area contributed by atoms with Crippen molar-refractivity contribution >= 4 is 9.28 Å². The molecule has 0 radical (unpaired) electrons. The van der Waals surface area contributed by atoms with Crippen molar-refractivity contribution in [3.05, 3.63) is 0 Å². The van der Waals surface area contributed by atoms with Crippen LogP contribution in [0, 0.1) is 0 Å². The van der Waals surface area contributed by atoms with Crippen molar-refractivity contribution in [2.24, 2.45) is 0 Å². The topological polar surface area (TPSA) is 18.5 Å². The molecule has 0 heterocycles. The maximum absolute atomic E-state index is 5.45. The van der Waals surface area contributed by atoms with Crippen LogP contribution in [0.5, 0.6) is 0 Å². The third-order valence-electron chi connectivity index (χ3n) is 3.00. The molecule has 1 aliphatic carbocycles. The second-order valence-electron chi connectivity index (χ2n) is 3.94. The van der Waals surface area contributed by atoms with E-state index in [2.05, 4.69) is 0 Å². The van der Waals surface area contributed by atoms with Gasteiger partial charge in [0.15, 0.2) is 0 Å². The first-order valence-electron chi connectivity index (χ1n) is 5.44. The van der Waals surface area contributed by atoms with Crippen LogP contribution in [-0.2, 0) is 8.85 Å². The predicted molar refractivity (Wildman–Crippen MR) is 57.2 cm³/mol. The lowest BCUT2D eigenvalue weighted by Crippen LogP contribution is -2.26. The van der Waals surface area contributed by atoms with Crippen LogP contribution in [0.1, 0.15) is 44.9 Å². The molecule has 1 rings (SSSR count). The molecule has 13 heavy (non-hydrogen) atoms. The summed E-state index contributed by atoms with van der Waals surface area (Å²) in [5.74, 6) is 0. The highest BCUT2D eigenvalue weighted by Crippen LogP contribution is 2.29. The fraction of sp³-hybridized carbons (Fsp3) is 1.00. The predicted octanol–water partition coefficient (Wildman–Crippen LogP) is 2.61. The molecule has 0 unspecified atom stereocenters. The molecular weight excluding hydrogens is 180 g/mol. The minimum Gasteiger partial charge on any atom is -0.400 e. The highest BCUT2D eigenvalue weighted by molar-refractivity contribution is 6.46. The molecule has 0 aromatic carbocycles. The lowest BCUT2D eigenvalue weighted by atomic mass is 10.0. The van der Waals surface area contributed by atoms with Crippen LogP contribution < -0.4 is 0 Å². The smallest absolute Gasteiger partial charge is 0.324 e. The summed E-state index contributed by atoms with van der Waals surface area (Å²) in [6.45, 7) is 0. The highest BCUT2D eigenvalue weighted by Gasteiger charge is 2.24. The molecule has 0 aliphatic heterocycles. The van der Waals surface area contributed by atoms with E-state index in [0.29, 0.717) is 0 Å². The summed E-state index contributed by atoms with van der Waals surface area (Å²) in [6, 6.07) is 0. The molecule has 1 saturated carbocycles. The first-order chi connectivity index (χ1) is 6.38. The van der Waals surface area contributed by atoms with Gasteiger partial charge in [0.25, 0.3) is 0 Å². The summed E-state index contributed by atoms with van der Waals surface area (Å²) in [4.78, 5) is 0. The van der Waals surface area contributed by atoms with Gasteiger partial charge in [-0.25, -0.2) is 0 Å². The van der Waals surface area contributed by atoms with Gasteiger partial charge in [0.2, 0.25) is 0 Å². The number of rotatable bonds is 3. The van der Waals surface area contributed by atoms with Crippen molar-refractivity contribution in [1.29, 1.82) is 0 Å². The van der Waals surface area contributed by atoms with Gasteiger partial charge in [0.1, 0.15) is 0 Å². The fourth-order valence-corrected chi connectivity index (χ4v) is 4.22. The summed E-state index contributed by atoms with van der Waals surface area (Å²) in [6.07, 6.45) is 9.66. The summed E-state index contributed by atoms with van der Waals surface area (Å²) in [5.41, 5.74) is 0.760. The summed E-state index contributed by atoms with van der Waals surface area (Å²) in [7, 11) is 2.29. The van der Waals surface area contributed by atoms with Crippen molar-refractivity contribution < 1.29 is 8.85 Å². The molecule has 0 N–H and O–H groups in total. The molecule has 0 bridgehead atoms. The van der Waals surface area contributed by atoms with Crippen molar-refractivity contribution in [3.63, 3.8) is 0 Å². The molecule has 78 valence electrons. The average Bonchev–Trinajstić information content (AvgIpc) is 2.09. The van der Waals surface area contributed by atoms with Gasteiger partial charge >= 0.3 is 9.28 Å². The Balaban J connectivity index is 2.35. The zero-order valence-corrected chi connectivity index (χ0v) is 10.1. The molecule has 0 amide bonds. The van der Waals surface area contributed by atoms with Gasteiger partial charge in [-0.1, -0.05) is 32.1 Å². The van der Waals surface area contributed by atoms with E-state index >= 15 is 0 Å². The SMILES string of the molecule is CO[SiH](OC)C1CCCCCCC1. The Labute approximate surface area is 83.5 Å². The second-order valence-corrected chi connectivity index (χ2v) is 6.57.